The number of hydrogen-bond donors (Lipinski definition) is 0. The van der Waals surface area contributed by atoms with Crippen molar-refractivity contribution in [1.29, 1.82) is 0 Å². The second-order valence-corrected chi connectivity index (χ2v) is 10.4. The lowest BCUT2D eigenvalue weighted by Crippen LogP contribution is -2.35. The molecule has 0 aromatic carbocycles. The van der Waals surface area contributed by atoms with Crippen LogP contribution in [-0.4, -0.2) is 97.3 Å². The zero-order chi connectivity index (χ0) is 18.8. The number of rotatable bonds is 0. The summed E-state index contributed by atoms with van der Waals surface area (Å²) < 4.78 is 0. The molecule has 0 amide bonds. The van der Waals surface area contributed by atoms with Gasteiger partial charge in [-0.15, -0.1) is 0 Å². The summed E-state index contributed by atoms with van der Waals surface area (Å²) in [6.07, 6.45) is 22.1. The van der Waals surface area contributed by atoms with Crippen LogP contribution in [0.15, 0.2) is 0 Å². The molecule has 0 spiro atoms. The van der Waals surface area contributed by atoms with Gasteiger partial charge >= 0.3 is 0 Å². The number of nitrogens with zero attached hydrogens (tertiary/aromatic N) is 3. The van der Waals surface area contributed by atoms with E-state index in [-0.39, 0.29) is 25.2 Å². The molecule has 6 bridgehead atoms. The van der Waals surface area contributed by atoms with Crippen LogP contribution in [0.1, 0.15) is 96.3 Å². The van der Waals surface area contributed by atoms with E-state index in [9.17, 15) is 0 Å². The molecule has 30 heavy (non-hydrogen) atoms. The van der Waals surface area contributed by atoms with Crippen LogP contribution in [-0.2, 0) is 0 Å². The maximum atomic E-state index is 2.59. The van der Waals surface area contributed by atoms with E-state index in [1.807, 2.05) is 0 Å². The Hall–Kier alpha value is 0.0748. The first-order valence-electron chi connectivity index (χ1n) is 12.3. The van der Waals surface area contributed by atoms with Crippen LogP contribution >= 0.6 is 0 Å². The lowest BCUT2D eigenvalue weighted by molar-refractivity contribution is 0.179. The van der Waals surface area contributed by atoms with Crippen molar-refractivity contribution < 1.29 is 0 Å². The molecule has 0 N–H and O–H groups in total. The van der Waals surface area contributed by atoms with Crippen LogP contribution in [0, 0.1) is 0 Å². The van der Waals surface area contributed by atoms with Crippen molar-refractivity contribution >= 4 is 25.2 Å². The lowest BCUT2D eigenvalue weighted by Gasteiger charge is -2.30. The molecule has 6 rings (SSSR count). The van der Waals surface area contributed by atoms with Crippen molar-refractivity contribution in [2.24, 2.45) is 0 Å². The molecule has 6 aliphatic rings. The molecule has 6 atom stereocenters. The van der Waals surface area contributed by atoms with Gasteiger partial charge in [-0.25, -0.2) is 0 Å². The van der Waals surface area contributed by atoms with E-state index in [0.29, 0.717) is 0 Å². The second-order valence-electron chi connectivity index (χ2n) is 10.4. The highest BCUT2D eigenvalue weighted by Crippen LogP contribution is 2.35. The molecular weight excluding hydrogens is 363 g/mol. The van der Waals surface area contributed by atoms with Crippen LogP contribution in [0.5, 0.6) is 0 Å². The minimum Gasteiger partial charge on any atom is -0.300 e. The summed E-state index contributed by atoms with van der Waals surface area (Å²) in [5.41, 5.74) is 0. The Kier molecular flexibility index (Phi) is 12.1. The maximum absolute atomic E-state index is 2.59. The zero-order valence-corrected chi connectivity index (χ0v) is 20.1. The van der Waals surface area contributed by atoms with Crippen molar-refractivity contribution in [2.45, 2.75) is 133 Å². The summed E-state index contributed by atoms with van der Waals surface area (Å²) in [7, 11) is 6.88. The van der Waals surface area contributed by atoms with Gasteiger partial charge in [0.2, 0.25) is 0 Å². The molecule has 6 saturated heterocycles. The van der Waals surface area contributed by atoms with Crippen molar-refractivity contribution in [3.8, 4) is 0 Å². The normalized spacial score (nSPS) is 39.3. The van der Waals surface area contributed by atoms with E-state index in [2.05, 4.69) is 35.8 Å². The molecule has 6 heteroatoms. The fourth-order valence-electron chi connectivity index (χ4n) is 7.13. The average molecular weight is 408 g/mol. The van der Waals surface area contributed by atoms with E-state index in [1.165, 1.54) is 96.3 Å². The highest BCUT2D eigenvalue weighted by atomic mass is 15.2. The molecule has 0 aromatic heterocycles. The van der Waals surface area contributed by atoms with E-state index >= 15 is 0 Å². The van der Waals surface area contributed by atoms with E-state index in [1.54, 1.807) is 0 Å². The van der Waals surface area contributed by atoms with Gasteiger partial charge in [0.05, 0.1) is 0 Å². The van der Waals surface area contributed by atoms with Crippen LogP contribution in [0.4, 0.5) is 0 Å². The molecule has 6 unspecified atom stereocenters. The average Bonchev–Trinajstić information content (AvgIpc) is 3.11. The SMILES string of the molecule is CN1C2CCCC1CC2.CN1C2CCCC1CC2.CN1C2CCCC1CC2.[B].[B].[B]. The van der Waals surface area contributed by atoms with Crippen molar-refractivity contribution in [3.05, 3.63) is 0 Å². The topological polar surface area (TPSA) is 9.72 Å². The summed E-state index contributed by atoms with van der Waals surface area (Å²) in [5, 5.41) is 0. The fourth-order valence-corrected chi connectivity index (χ4v) is 7.13. The summed E-state index contributed by atoms with van der Waals surface area (Å²) in [5.74, 6) is 0. The van der Waals surface area contributed by atoms with E-state index < -0.39 is 0 Å². The third kappa shape index (κ3) is 6.32. The number of piperidine rings is 3. The summed E-state index contributed by atoms with van der Waals surface area (Å²) in [6, 6.07) is 5.77. The molecule has 3 nitrogen and oxygen atoms in total. The Morgan fingerprint density at radius 3 is 0.633 bits per heavy atom. The highest BCUT2D eigenvalue weighted by Gasteiger charge is 2.34. The molecule has 6 aliphatic heterocycles. The lowest BCUT2D eigenvalue weighted by atomic mass is 10.0. The third-order valence-corrected chi connectivity index (χ3v) is 9.18. The van der Waals surface area contributed by atoms with Gasteiger partial charge in [-0.1, -0.05) is 19.3 Å². The van der Waals surface area contributed by atoms with Crippen molar-refractivity contribution in [2.75, 3.05) is 21.1 Å². The fraction of sp³-hybridized carbons (Fsp3) is 1.00. The van der Waals surface area contributed by atoms with Crippen molar-refractivity contribution in [3.63, 3.8) is 0 Å². The van der Waals surface area contributed by atoms with Crippen LogP contribution in [0.2, 0.25) is 0 Å². The second kappa shape index (κ2) is 12.9. The quantitative estimate of drug-likeness (QED) is 0.566. The number of hydrogen-bond acceptors (Lipinski definition) is 3. The highest BCUT2D eigenvalue weighted by molar-refractivity contribution is 5.76. The van der Waals surface area contributed by atoms with Crippen LogP contribution in [0.3, 0.4) is 0 Å². The smallest absolute Gasteiger partial charge is 0.00957 e. The molecular formula is C24H45B3N3. The molecule has 0 aromatic rings. The Labute approximate surface area is 193 Å². The summed E-state index contributed by atoms with van der Waals surface area (Å²) >= 11 is 0. The van der Waals surface area contributed by atoms with Gasteiger partial charge in [0, 0.05) is 61.5 Å². The van der Waals surface area contributed by atoms with E-state index in [4.69, 9.17) is 0 Å². The molecule has 0 aliphatic carbocycles. The van der Waals surface area contributed by atoms with Gasteiger partial charge in [0.25, 0.3) is 0 Å². The Morgan fingerprint density at radius 1 is 0.333 bits per heavy atom. The summed E-state index contributed by atoms with van der Waals surface area (Å²) in [6.45, 7) is 0. The van der Waals surface area contributed by atoms with Crippen molar-refractivity contribution in [1.82, 2.24) is 14.7 Å². The third-order valence-electron chi connectivity index (χ3n) is 9.18. The minimum atomic E-state index is 0. The van der Waals surface area contributed by atoms with Gasteiger partial charge in [0.1, 0.15) is 0 Å². The first-order chi connectivity index (χ1) is 13.1. The molecule has 165 valence electrons. The monoisotopic (exact) mass is 408 g/mol. The first kappa shape index (κ1) is 28.1. The predicted molar refractivity (Wildman–Crippen MR) is 133 cm³/mol. The Balaban J connectivity index is 0.000000214. The van der Waals surface area contributed by atoms with Crippen LogP contribution < -0.4 is 0 Å². The first-order valence-corrected chi connectivity index (χ1v) is 12.3. The molecule has 6 heterocycles. The van der Waals surface area contributed by atoms with Gasteiger partial charge in [-0.05, 0) is 98.2 Å². The summed E-state index contributed by atoms with van der Waals surface area (Å²) in [4.78, 5) is 7.76. The molecule has 0 saturated carbocycles. The largest absolute Gasteiger partial charge is 0.300 e. The maximum Gasteiger partial charge on any atom is 0.00957 e. The van der Waals surface area contributed by atoms with Gasteiger partial charge in [-0.3, -0.25) is 0 Å². The van der Waals surface area contributed by atoms with Gasteiger partial charge < -0.3 is 14.7 Å². The molecule has 6 fully saturated rings. The minimum absolute atomic E-state index is 0. The Bertz CT molecular complexity index is 366. The number of fused-ring (bicyclic) bond motifs is 6. The van der Waals surface area contributed by atoms with Gasteiger partial charge in [0.15, 0.2) is 0 Å². The molecule has 9 radical (unpaired) electrons. The van der Waals surface area contributed by atoms with E-state index in [0.717, 1.165) is 36.3 Å². The van der Waals surface area contributed by atoms with Gasteiger partial charge in [-0.2, -0.15) is 0 Å². The van der Waals surface area contributed by atoms with Crippen LogP contribution in [0.25, 0.3) is 0 Å². The Morgan fingerprint density at radius 2 is 0.500 bits per heavy atom. The zero-order valence-electron chi connectivity index (χ0n) is 20.1. The standard InChI is InChI=1S/3C8H15N.3B/c3*1-9-7-3-2-4-8(9)6-5-7;;;/h3*7-8H,2-6H2,1H3;;;. The predicted octanol–water partition coefficient (Wildman–Crippen LogP) is 3.76.